The highest BCUT2D eigenvalue weighted by atomic mass is 32.2. The van der Waals surface area contributed by atoms with E-state index in [2.05, 4.69) is 30.0 Å². The summed E-state index contributed by atoms with van der Waals surface area (Å²) in [6.07, 6.45) is 0. The lowest BCUT2D eigenvalue weighted by Crippen LogP contribution is -2.47. The number of guanidine groups is 3. The van der Waals surface area contributed by atoms with Crippen LogP contribution in [-0.4, -0.2) is 57.1 Å². The molecule has 0 aliphatic carbocycles. The molecule has 0 amide bonds. The molecule has 0 unspecified atom stereocenters. The fourth-order valence-corrected chi connectivity index (χ4v) is 9.63. The van der Waals surface area contributed by atoms with Crippen molar-refractivity contribution in [2.24, 2.45) is 30.0 Å². The van der Waals surface area contributed by atoms with E-state index in [1.807, 2.05) is 192 Å². The Morgan fingerprint density at radius 3 is 0.974 bits per heavy atom. The van der Waals surface area contributed by atoms with Crippen LogP contribution in [0.1, 0.15) is 132 Å². The Labute approximate surface area is 461 Å². The van der Waals surface area contributed by atoms with Gasteiger partial charge in [-0.15, -0.1) is 0 Å². The number of para-hydroxylation sites is 2. The minimum atomic E-state index is -3.34. The molecule has 4 aliphatic heterocycles. The Hall–Kier alpha value is -7.49. The molecular formula is C62H83N7O6S2. The molecule has 6 aromatic carbocycles. The average molecular weight is 1090 g/mol. The minimum Gasteiger partial charge on any atom is -0.456 e. The molecule has 15 heteroatoms. The number of fused-ring (bicyclic) bond motifs is 5. The van der Waals surface area contributed by atoms with E-state index in [0.717, 1.165) is 11.1 Å². The fraction of sp³-hybridized carbons (Fsp3) is 0.306. The summed E-state index contributed by atoms with van der Waals surface area (Å²) < 4.78 is 53.8. The normalized spacial score (nSPS) is 12.6. The summed E-state index contributed by atoms with van der Waals surface area (Å²) in [5.41, 5.74) is 2.94. The molecule has 0 saturated carbocycles. The highest BCUT2D eigenvalue weighted by molar-refractivity contribution is 7.92. The summed E-state index contributed by atoms with van der Waals surface area (Å²) >= 11 is 0. The molecule has 0 radical (unpaired) electrons. The lowest BCUT2D eigenvalue weighted by molar-refractivity contribution is 0.595. The third kappa shape index (κ3) is 18.4. The number of sulfone groups is 2. The summed E-state index contributed by atoms with van der Waals surface area (Å²) in [4.78, 5) is 40.6. The van der Waals surface area contributed by atoms with Crippen molar-refractivity contribution >= 4 is 77.0 Å². The van der Waals surface area contributed by atoms with Crippen molar-refractivity contribution in [1.82, 2.24) is 4.90 Å². The number of hydrogen-bond donors (Lipinski definition) is 0. The van der Waals surface area contributed by atoms with Crippen LogP contribution in [0.4, 0.5) is 0 Å². The van der Waals surface area contributed by atoms with Crippen LogP contribution in [-0.2, 0) is 19.7 Å². The molecule has 0 saturated heterocycles. The second-order valence-electron chi connectivity index (χ2n) is 13.6. The van der Waals surface area contributed by atoms with Crippen LogP contribution in [0, 0.1) is 0 Å². The Kier molecular flexibility index (Phi) is 33.7. The van der Waals surface area contributed by atoms with Crippen molar-refractivity contribution < 1.29 is 21.3 Å². The fourth-order valence-electron chi connectivity index (χ4n) is 6.64. The van der Waals surface area contributed by atoms with Crippen molar-refractivity contribution in [2.45, 2.75) is 151 Å². The average Bonchev–Trinajstić information content (AvgIpc) is 3.75. The molecule has 13 nitrogen and oxygen atoms in total. The van der Waals surface area contributed by atoms with Gasteiger partial charge in [0.15, 0.2) is 0 Å². The molecule has 414 valence electrons. The molecule has 0 fully saturated rings. The van der Waals surface area contributed by atoms with Crippen LogP contribution in [0.15, 0.2) is 216 Å². The van der Waals surface area contributed by atoms with E-state index in [9.17, 15) is 21.6 Å². The Bertz CT molecular complexity index is 3100. The van der Waals surface area contributed by atoms with E-state index in [0.29, 0.717) is 76.9 Å². The molecule has 5 heterocycles. The van der Waals surface area contributed by atoms with Crippen LogP contribution in [0.2, 0.25) is 0 Å². The molecule has 0 N–H and O–H groups in total. The first kappa shape index (κ1) is 69.5. The number of rotatable bonds is 2. The van der Waals surface area contributed by atoms with Crippen LogP contribution in [0.25, 0.3) is 33.1 Å². The second kappa shape index (κ2) is 37.3. The van der Waals surface area contributed by atoms with Gasteiger partial charge in [0, 0.05) is 11.1 Å². The number of hydrogen-bond acceptors (Lipinski definition) is 13. The largest absolute Gasteiger partial charge is 0.456 e. The molecule has 0 bridgehead atoms. The number of nitrogens with zero attached hydrogens (tertiary/aromatic N) is 7. The summed E-state index contributed by atoms with van der Waals surface area (Å²) in [6, 6.07) is 45.7. The first-order valence-corrected chi connectivity index (χ1v) is 29.8. The first-order valence-electron chi connectivity index (χ1n) is 26.8. The van der Waals surface area contributed by atoms with Gasteiger partial charge in [-0.1, -0.05) is 208 Å². The van der Waals surface area contributed by atoms with Gasteiger partial charge in [0.1, 0.15) is 28.7 Å². The van der Waals surface area contributed by atoms with Gasteiger partial charge in [-0.25, -0.2) is 21.7 Å². The Balaban J connectivity index is 0.000000918. The zero-order valence-electron chi connectivity index (χ0n) is 48.9. The zero-order chi connectivity index (χ0) is 58.7. The minimum absolute atomic E-state index is 0.0347. The molecule has 77 heavy (non-hydrogen) atoms. The Morgan fingerprint density at radius 2 is 0.649 bits per heavy atom. The predicted octanol–water partition coefficient (Wildman–Crippen LogP) is 16.8. The molecule has 4 aliphatic rings. The standard InChI is InChI=1S/C13H8O2.C12H8O2S.C12H10O2S.C9H9N7.8C2H6/c14-13-9-5-1-3-7-11(9)15-12-8-4-2-6-10(12)13;13-15(14)11-7-3-1-5-9(11)10-6-2-4-8-12(10)15;13-15(14,11-7-3-1-4-8-11)12-9-5-2-6-10-12;1-4-10-7-12-5(2)14-9-15-6(3)13-8(11-4)16(7)9;8*1-2/h2*1-8H;1-10H;1-3H3;8*1-2H3. The molecule has 0 atom stereocenters. The van der Waals surface area contributed by atoms with Crippen molar-refractivity contribution in [3.8, 4) is 11.1 Å². The van der Waals surface area contributed by atoms with Crippen LogP contribution in [0.5, 0.6) is 0 Å². The van der Waals surface area contributed by atoms with Gasteiger partial charge in [-0.2, -0.15) is 30.0 Å². The maximum absolute atomic E-state index is 12.1. The maximum atomic E-state index is 12.1. The topological polar surface area (TPSA) is 176 Å². The number of benzene rings is 6. The molecular weight excluding hydrogens is 1000 g/mol. The molecule has 1 aromatic heterocycles. The lowest BCUT2D eigenvalue weighted by atomic mass is 10.1. The SMILES string of the molecule is CC.CC.CC.CC.CC.CC.CC.CC.CC1=NC2=NC(C)=NC3=NC(C)=NC(=N1)N23.O=S(=O)(c1ccccc1)c1ccccc1.O=S1(=O)c2ccccc2-c2ccccc21.O=c1c2ccccc2oc2ccccc12. The predicted molar refractivity (Wildman–Crippen MR) is 330 cm³/mol. The van der Waals surface area contributed by atoms with Gasteiger partial charge in [0.05, 0.1) is 30.4 Å². The van der Waals surface area contributed by atoms with Crippen molar-refractivity contribution in [2.75, 3.05) is 0 Å². The quantitative estimate of drug-likeness (QED) is 0.155. The van der Waals surface area contributed by atoms with Gasteiger partial charge in [-0.05, 0) is 81.4 Å². The van der Waals surface area contributed by atoms with Crippen molar-refractivity contribution in [3.05, 3.63) is 168 Å². The van der Waals surface area contributed by atoms with Gasteiger partial charge in [0.25, 0.3) is 0 Å². The van der Waals surface area contributed by atoms with Gasteiger partial charge in [0.2, 0.25) is 43.0 Å². The van der Waals surface area contributed by atoms with Gasteiger partial charge < -0.3 is 4.42 Å². The highest BCUT2D eigenvalue weighted by Gasteiger charge is 2.33. The first-order chi connectivity index (χ1) is 37.4. The van der Waals surface area contributed by atoms with E-state index < -0.39 is 19.7 Å². The zero-order valence-corrected chi connectivity index (χ0v) is 50.5. The second-order valence-corrected chi connectivity index (χ2v) is 17.4. The van der Waals surface area contributed by atoms with E-state index in [1.165, 1.54) is 0 Å². The maximum Gasteiger partial charge on any atom is 0.243 e. The molecule has 11 rings (SSSR count). The van der Waals surface area contributed by atoms with E-state index in [1.54, 1.807) is 102 Å². The van der Waals surface area contributed by atoms with Crippen LogP contribution in [0.3, 0.4) is 0 Å². The number of amidine groups is 3. The number of aliphatic imine (C=N–C) groups is 6. The van der Waals surface area contributed by atoms with E-state index in [-0.39, 0.29) is 5.43 Å². The van der Waals surface area contributed by atoms with Crippen LogP contribution < -0.4 is 5.43 Å². The summed E-state index contributed by atoms with van der Waals surface area (Å²) in [5, 5.41) is 1.27. The lowest BCUT2D eigenvalue weighted by Gasteiger charge is -2.28. The highest BCUT2D eigenvalue weighted by Crippen LogP contribution is 2.42. The Morgan fingerprint density at radius 1 is 0.377 bits per heavy atom. The van der Waals surface area contributed by atoms with Gasteiger partial charge in [-0.3, -0.25) is 4.79 Å². The van der Waals surface area contributed by atoms with Crippen molar-refractivity contribution in [3.63, 3.8) is 0 Å². The van der Waals surface area contributed by atoms with Crippen molar-refractivity contribution in [1.29, 1.82) is 0 Å². The van der Waals surface area contributed by atoms with Crippen LogP contribution >= 0.6 is 0 Å². The molecule has 0 spiro atoms. The summed E-state index contributed by atoms with van der Waals surface area (Å²) in [6.45, 7) is 37.4. The summed E-state index contributed by atoms with van der Waals surface area (Å²) in [5.74, 6) is 3.51. The van der Waals surface area contributed by atoms with Gasteiger partial charge >= 0.3 is 0 Å². The van der Waals surface area contributed by atoms with E-state index >= 15 is 0 Å². The third-order valence-corrected chi connectivity index (χ3v) is 13.1. The smallest absolute Gasteiger partial charge is 0.243 e. The summed E-state index contributed by atoms with van der Waals surface area (Å²) in [7, 11) is -6.60. The van der Waals surface area contributed by atoms with E-state index in [4.69, 9.17) is 4.42 Å². The monoisotopic (exact) mass is 1090 g/mol. The molecule has 7 aromatic rings. The third-order valence-electron chi connectivity index (χ3n) is 9.40.